The summed E-state index contributed by atoms with van der Waals surface area (Å²) in [6, 6.07) is 3.02. The quantitative estimate of drug-likeness (QED) is 0.747. The summed E-state index contributed by atoms with van der Waals surface area (Å²) < 4.78 is 14.9. The van der Waals surface area contributed by atoms with Crippen molar-refractivity contribution in [3.8, 4) is 0 Å². The molecule has 0 unspecified atom stereocenters. The molecule has 0 amide bonds. The average molecular weight is 276 g/mol. The number of anilines is 1. The van der Waals surface area contributed by atoms with Crippen molar-refractivity contribution in [2.24, 2.45) is 0 Å². The molecule has 0 saturated heterocycles. The van der Waals surface area contributed by atoms with E-state index in [1.165, 1.54) is 18.0 Å². The summed E-state index contributed by atoms with van der Waals surface area (Å²) in [5.41, 5.74) is 4.11. The van der Waals surface area contributed by atoms with Crippen LogP contribution in [0.3, 0.4) is 0 Å². The van der Waals surface area contributed by atoms with Gasteiger partial charge in [0.1, 0.15) is 0 Å². The van der Waals surface area contributed by atoms with Crippen LogP contribution in [0.15, 0.2) is 23.7 Å². The van der Waals surface area contributed by atoms with Crippen LogP contribution in [0.5, 0.6) is 0 Å². The lowest BCUT2D eigenvalue weighted by Crippen LogP contribution is -2.05. The van der Waals surface area contributed by atoms with Gasteiger partial charge in [-0.3, -0.25) is 4.40 Å². The minimum atomic E-state index is -0.470. The molecule has 3 aromatic heterocycles. The number of aryl methyl sites for hydroxylation is 2. The predicted molar refractivity (Wildman–Crippen MR) is 74.1 cm³/mol. The number of nitrogens with one attached hydrogen (secondary N) is 1. The van der Waals surface area contributed by atoms with Crippen molar-refractivity contribution < 1.29 is 4.39 Å². The minimum Gasteiger partial charge on any atom is -0.378 e. The molecule has 19 heavy (non-hydrogen) atoms. The second kappa shape index (κ2) is 4.62. The molecular formula is C13H13FN4S. The summed E-state index contributed by atoms with van der Waals surface area (Å²) in [6.07, 6.45) is 1.49. The molecule has 3 aromatic rings. The zero-order chi connectivity index (χ0) is 13.4. The smallest absolute Gasteiger partial charge is 0.212 e. The third-order valence-electron chi connectivity index (χ3n) is 3.02. The van der Waals surface area contributed by atoms with Crippen LogP contribution in [0.4, 0.5) is 10.1 Å². The van der Waals surface area contributed by atoms with Gasteiger partial charge in [0.25, 0.3) is 0 Å². The van der Waals surface area contributed by atoms with Gasteiger partial charge < -0.3 is 5.32 Å². The zero-order valence-corrected chi connectivity index (χ0v) is 11.5. The number of rotatable bonds is 3. The number of pyridine rings is 1. The highest BCUT2D eigenvalue weighted by molar-refractivity contribution is 7.15. The first-order valence-electron chi connectivity index (χ1n) is 5.92. The number of fused-ring (bicyclic) bond motifs is 1. The second-order valence-electron chi connectivity index (χ2n) is 4.36. The lowest BCUT2D eigenvalue weighted by Gasteiger charge is -2.07. The lowest BCUT2D eigenvalue weighted by atomic mass is 10.3. The molecule has 4 nitrogen and oxygen atoms in total. The molecule has 0 aliphatic heterocycles. The van der Waals surface area contributed by atoms with E-state index in [1.807, 2.05) is 6.92 Å². The Hall–Kier alpha value is -1.95. The Kier molecular flexibility index (Phi) is 2.94. The van der Waals surface area contributed by atoms with Crippen molar-refractivity contribution >= 4 is 22.0 Å². The van der Waals surface area contributed by atoms with Crippen LogP contribution in [0.1, 0.15) is 17.1 Å². The van der Waals surface area contributed by atoms with Crippen molar-refractivity contribution in [2.75, 3.05) is 5.32 Å². The summed E-state index contributed by atoms with van der Waals surface area (Å²) >= 11 is 1.63. The highest BCUT2D eigenvalue weighted by atomic mass is 32.1. The van der Waals surface area contributed by atoms with Gasteiger partial charge in [0.15, 0.2) is 4.96 Å². The summed E-state index contributed by atoms with van der Waals surface area (Å²) in [6.45, 7) is 4.70. The largest absolute Gasteiger partial charge is 0.378 e. The Bertz CT molecular complexity index is 714. The van der Waals surface area contributed by atoms with E-state index in [2.05, 4.69) is 32.0 Å². The molecule has 98 valence electrons. The minimum absolute atomic E-state index is 0.470. The SMILES string of the molecule is Cc1nc2scc(C)n2c1CNc1ccc(F)nc1. The number of hydrogen-bond donors (Lipinski definition) is 1. The van der Waals surface area contributed by atoms with Gasteiger partial charge >= 0.3 is 0 Å². The molecule has 0 aliphatic rings. The fraction of sp³-hybridized carbons (Fsp3) is 0.231. The summed E-state index contributed by atoms with van der Waals surface area (Å²) in [7, 11) is 0. The molecule has 0 spiro atoms. The molecule has 0 aliphatic carbocycles. The van der Waals surface area contributed by atoms with Crippen LogP contribution >= 0.6 is 11.3 Å². The lowest BCUT2D eigenvalue weighted by molar-refractivity contribution is 0.584. The van der Waals surface area contributed by atoms with Crippen LogP contribution in [0.2, 0.25) is 0 Å². The Morgan fingerprint density at radius 3 is 2.95 bits per heavy atom. The maximum Gasteiger partial charge on any atom is 0.212 e. The van der Waals surface area contributed by atoms with Gasteiger partial charge in [-0.25, -0.2) is 9.97 Å². The number of thiazole rings is 1. The van der Waals surface area contributed by atoms with Crippen molar-refractivity contribution in [3.63, 3.8) is 0 Å². The van der Waals surface area contributed by atoms with E-state index in [1.54, 1.807) is 17.4 Å². The maximum atomic E-state index is 12.7. The topological polar surface area (TPSA) is 42.2 Å². The first-order valence-corrected chi connectivity index (χ1v) is 6.80. The van der Waals surface area contributed by atoms with Crippen molar-refractivity contribution in [2.45, 2.75) is 20.4 Å². The van der Waals surface area contributed by atoms with E-state index < -0.39 is 5.95 Å². The van der Waals surface area contributed by atoms with Crippen molar-refractivity contribution in [1.29, 1.82) is 0 Å². The predicted octanol–water partition coefficient (Wildman–Crippen LogP) is 3.16. The van der Waals surface area contributed by atoms with Gasteiger partial charge in [0.2, 0.25) is 5.95 Å². The second-order valence-corrected chi connectivity index (χ2v) is 5.20. The van der Waals surface area contributed by atoms with Gasteiger partial charge in [-0.15, -0.1) is 11.3 Å². The Balaban J connectivity index is 1.87. The van der Waals surface area contributed by atoms with Gasteiger partial charge in [-0.05, 0) is 26.0 Å². The van der Waals surface area contributed by atoms with Crippen molar-refractivity contribution in [3.05, 3.63) is 46.7 Å². The number of nitrogens with zero attached hydrogens (tertiary/aromatic N) is 3. The van der Waals surface area contributed by atoms with E-state index in [0.29, 0.717) is 6.54 Å². The van der Waals surface area contributed by atoms with Crippen LogP contribution in [-0.2, 0) is 6.54 Å². The third kappa shape index (κ3) is 2.19. The standard InChI is InChI=1S/C13H13FN4S/c1-8-7-19-13-17-9(2)11(18(8)13)6-15-10-3-4-12(14)16-5-10/h3-5,7,15H,6H2,1-2H3. The Labute approximate surface area is 113 Å². The van der Waals surface area contributed by atoms with Gasteiger partial charge in [0.05, 0.1) is 29.8 Å². The summed E-state index contributed by atoms with van der Waals surface area (Å²) in [4.78, 5) is 9.15. The molecule has 0 fully saturated rings. The average Bonchev–Trinajstić information content (AvgIpc) is 2.89. The number of imidazole rings is 1. The van der Waals surface area contributed by atoms with Crippen molar-refractivity contribution in [1.82, 2.24) is 14.4 Å². The molecule has 0 bridgehead atoms. The van der Waals surface area contributed by atoms with E-state index in [4.69, 9.17) is 0 Å². The van der Waals surface area contributed by atoms with Gasteiger partial charge in [-0.2, -0.15) is 4.39 Å². The number of aromatic nitrogens is 3. The highest BCUT2D eigenvalue weighted by Crippen LogP contribution is 2.21. The molecule has 6 heteroatoms. The maximum absolute atomic E-state index is 12.7. The molecular weight excluding hydrogens is 263 g/mol. The molecule has 3 heterocycles. The Morgan fingerprint density at radius 2 is 2.21 bits per heavy atom. The summed E-state index contributed by atoms with van der Waals surface area (Å²) in [5, 5.41) is 5.33. The van der Waals surface area contributed by atoms with E-state index in [9.17, 15) is 4.39 Å². The molecule has 3 rings (SSSR count). The van der Waals surface area contributed by atoms with Crippen LogP contribution in [0.25, 0.3) is 4.96 Å². The van der Waals surface area contributed by atoms with Crippen LogP contribution in [0, 0.1) is 19.8 Å². The zero-order valence-electron chi connectivity index (χ0n) is 10.6. The van der Waals surface area contributed by atoms with Gasteiger partial charge in [-0.1, -0.05) is 0 Å². The molecule has 0 saturated carbocycles. The Morgan fingerprint density at radius 1 is 1.37 bits per heavy atom. The third-order valence-corrected chi connectivity index (χ3v) is 3.96. The molecule has 1 N–H and O–H groups in total. The monoisotopic (exact) mass is 276 g/mol. The summed E-state index contributed by atoms with van der Waals surface area (Å²) in [5.74, 6) is -0.470. The van der Waals surface area contributed by atoms with Crippen LogP contribution in [-0.4, -0.2) is 14.4 Å². The number of hydrogen-bond acceptors (Lipinski definition) is 4. The highest BCUT2D eigenvalue weighted by Gasteiger charge is 2.11. The van der Waals surface area contributed by atoms with E-state index in [-0.39, 0.29) is 0 Å². The first kappa shape index (κ1) is 12.1. The molecule has 0 aromatic carbocycles. The fourth-order valence-electron chi connectivity index (χ4n) is 2.04. The van der Waals surface area contributed by atoms with E-state index in [0.717, 1.165) is 22.0 Å². The van der Waals surface area contributed by atoms with E-state index >= 15 is 0 Å². The van der Waals surface area contributed by atoms with Crippen LogP contribution < -0.4 is 5.32 Å². The molecule has 0 radical (unpaired) electrons. The molecule has 0 atom stereocenters. The normalized spacial score (nSPS) is 11.1. The fourth-order valence-corrected chi connectivity index (χ4v) is 2.97. The number of halogens is 1. The van der Waals surface area contributed by atoms with Gasteiger partial charge in [0, 0.05) is 11.1 Å². The first-order chi connectivity index (χ1) is 9.15.